The Balaban J connectivity index is 0.000000817. The number of imidazole rings is 1. The number of nitrogens with one attached hydrogen (secondary N) is 3. The smallest absolute Gasteiger partial charge is 0.259 e. The van der Waals surface area contributed by atoms with E-state index < -0.39 is 0 Å². The van der Waals surface area contributed by atoms with Gasteiger partial charge < -0.3 is 10.3 Å². The third-order valence-corrected chi connectivity index (χ3v) is 4.26. The first-order chi connectivity index (χ1) is 13.0. The molecule has 3 N–H and O–H groups in total. The number of aromatic nitrogens is 2. The molecule has 27 heavy (non-hydrogen) atoms. The number of fused-ring (bicyclic) bond motifs is 1. The van der Waals surface area contributed by atoms with Crippen molar-refractivity contribution < 1.29 is 4.79 Å². The van der Waals surface area contributed by atoms with E-state index in [0.29, 0.717) is 5.95 Å². The number of hydrogen-bond acceptors (Lipinski definition) is 4. The van der Waals surface area contributed by atoms with Gasteiger partial charge in [-0.3, -0.25) is 4.79 Å². The number of nitrogens with zero attached hydrogens (tertiary/aromatic N) is 2. The molecule has 1 heterocycles. The Morgan fingerprint density at radius 3 is 2.70 bits per heavy atom. The molecule has 3 aromatic rings. The van der Waals surface area contributed by atoms with E-state index in [4.69, 9.17) is 0 Å². The van der Waals surface area contributed by atoms with E-state index >= 15 is 0 Å². The number of hydrogen-bond donors (Lipinski definition) is 3. The summed E-state index contributed by atoms with van der Waals surface area (Å²) in [6.45, 7) is 6.34. The minimum absolute atomic E-state index is 0.0781. The summed E-state index contributed by atoms with van der Waals surface area (Å²) in [6, 6.07) is 13.5. The maximum absolute atomic E-state index is 11.8. The number of benzene rings is 2. The summed E-state index contributed by atoms with van der Waals surface area (Å²) in [5.74, 6) is 0.302. The Hall–Kier alpha value is -2.67. The highest BCUT2D eigenvalue weighted by molar-refractivity contribution is 9.10. The fraction of sp³-hybridized carbons (Fsp3) is 0.250. The van der Waals surface area contributed by atoms with Gasteiger partial charge in [0.25, 0.3) is 5.91 Å². The Kier molecular flexibility index (Phi) is 8.00. The van der Waals surface area contributed by atoms with Gasteiger partial charge in [0.1, 0.15) is 0 Å². The predicted octanol–water partition coefficient (Wildman–Crippen LogP) is 4.61. The summed E-state index contributed by atoms with van der Waals surface area (Å²) >= 11 is 3.46. The third kappa shape index (κ3) is 6.53. The zero-order chi connectivity index (χ0) is 19.6. The van der Waals surface area contributed by atoms with E-state index in [2.05, 4.69) is 55.6 Å². The second-order valence-electron chi connectivity index (χ2n) is 5.97. The number of amides is 1. The molecular weight excluding hydrogens is 406 g/mol. The van der Waals surface area contributed by atoms with E-state index in [9.17, 15) is 4.79 Å². The van der Waals surface area contributed by atoms with Crippen LogP contribution in [0.4, 0.5) is 5.95 Å². The number of hydrazone groups is 1. The fourth-order valence-electron chi connectivity index (χ4n) is 2.11. The molecule has 0 bridgehead atoms. The molecule has 0 saturated heterocycles. The molecule has 0 saturated carbocycles. The fourth-order valence-corrected chi connectivity index (χ4v) is 2.50. The van der Waals surface area contributed by atoms with Gasteiger partial charge in [-0.1, -0.05) is 60.5 Å². The molecule has 2 aromatic carbocycles. The number of H-pyrrole nitrogens is 1. The first-order valence-corrected chi connectivity index (χ1v) is 9.59. The predicted molar refractivity (Wildman–Crippen MR) is 115 cm³/mol. The van der Waals surface area contributed by atoms with Crippen LogP contribution in [0, 0.1) is 6.92 Å². The number of halogens is 1. The molecule has 0 aliphatic heterocycles. The lowest BCUT2D eigenvalue weighted by molar-refractivity contribution is -0.119. The van der Waals surface area contributed by atoms with Crippen LogP contribution in [0.3, 0.4) is 0 Å². The number of carbonyl (C=O) groups is 1. The highest BCUT2D eigenvalue weighted by atomic mass is 79.9. The number of anilines is 1. The SMILES string of the molecule is CCC.Cc1ccc(/C=N/NC(=O)CNc2nc3ccccc3[nH]2)cc1Br. The van der Waals surface area contributed by atoms with E-state index in [1.54, 1.807) is 6.21 Å². The van der Waals surface area contributed by atoms with Crippen LogP contribution in [0.5, 0.6) is 0 Å². The van der Waals surface area contributed by atoms with Crippen molar-refractivity contribution in [2.45, 2.75) is 27.2 Å². The van der Waals surface area contributed by atoms with Crippen molar-refractivity contribution in [1.29, 1.82) is 0 Å². The van der Waals surface area contributed by atoms with Crippen molar-refractivity contribution in [3.8, 4) is 0 Å². The lowest BCUT2D eigenvalue weighted by atomic mass is 10.2. The van der Waals surface area contributed by atoms with E-state index in [-0.39, 0.29) is 12.5 Å². The molecule has 0 aliphatic carbocycles. The maximum atomic E-state index is 11.8. The molecule has 0 spiro atoms. The normalized spacial score (nSPS) is 10.5. The number of rotatable bonds is 5. The summed E-state index contributed by atoms with van der Waals surface area (Å²) in [6.07, 6.45) is 2.85. The van der Waals surface area contributed by atoms with Crippen LogP contribution in [0.15, 0.2) is 52.0 Å². The molecule has 3 rings (SSSR count). The Morgan fingerprint density at radius 2 is 2.00 bits per heavy atom. The summed E-state index contributed by atoms with van der Waals surface area (Å²) < 4.78 is 1.00. The molecule has 0 unspecified atom stereocenters. The van der Waals surface area contributed by atoms with Crippen molar-refractivity contribution in [2.24, 2.45) is 5.10 Å². The quantitative estimate of drug-likeness (QED) is 0.408. The van der Waals surface area contributed by atoms with Crippen LogP contribution >= 0.6 is 15.9 Å². The number of aromatic amines is 1. The van der Waals surface area contributed by atoms with Gasteiger partial charge in [-0.05, 0) is 36.2 Å². The zero-order valence-electron chi connectivity index (χ0n) is 15.7. The maximum Gasteiger partial charge on any atom is 0.259 e. The van der Waals surface area contributed by atoms with Crippen LogP contribution in [0.25, 0.3) is 11.0 Å². The summed E-state index contributed by atoms with van der Waals surface area (Å²) in [7, 11) is 0. The van der Waals surface area contributed by atoms with Crippen LogP contribution in [0.1, 0.15) is 31.4 Å². The van der Waals surface area contributed by atoms with Gasteiger partial charge in [-0.2, -0.15) is 5.10 Å². The van der Waals surface area contributed by atoms with Crippen molar-refractivity contribution in [3.05, 3.63) is 58.1 Å². The van der Waals surface area contributed by atoms with Gasteiger partial charge in [0, 0.05) is 4.47 Å². The summed E-state index contributed by atoms with van der Waals surface area (Å²) in [4.78, 5) is 19.2. The largest absolute Gasteiger partial charge is 0.347 e. The third-order valence-electron chi connectivity index (χ3n) is 3.40. The highest BCUT2D eigenvalue weighted by Gasteiger charge is 2.04. The van der Waals surface area contributed by atoms with Crippen molar-refractivity contribution in [1.82, 2.24) is 15.4 Å². The van der Waals surface area contributed by atoms with Gasteiger partial charge in [0.05, 0.1) is 23.8 Å². The molecule has 1 amide bonds. The monoisotopic (exact) mass is 429 g/mol. The first-order valence-electron chi connectivity index (χ1n) is 8.80. The summed E-state index contributed by atoms with van der Waals surface area (Å²) in [5, 5.41) is 6.89. The van der Waals surface area contributed by atoms with Gasteiger partial charge in [-0.15, -0.1) is 0 Å². The molecular formula is C20H24BrN5O. The van der Waals surface area contributed by atoms with Gasteiger partial charge >= 0.3 is 0 Å². The van der Waals surface area contributed by atoms with Crippen molar-refractivity contribution in [3.63, 3.8) is 0 Å². The molecule has 142 valence electrons. The average molecular weight is 430 g/mol. The van der Waals surface area contributed by atoms with Gasteiger partial charge in [0.15, 0.2) is 0 Å². The van der Waals surface area contributed by atoms with Crippen LogP contribution < -0.4 is 10.7 Å². The minimum Gasteiger partial charge on any atom is -0.347 e. The molecule has 6 nitrogen and oxygen atoms in total. The number of aryl methyl sites for hydroxylation is 1. The van der Waals surface area contributed by atoms with Gasteiger partial charge in [-0.25, -0.2) is 10.4 Å². The lowest BCUT2D eigenvalue weighted by Gasteiger charge is -2.02. The second kappa shape index (κ2) is 10.5. The second-order valence-corrected chi connectivity index (χ2v) is 6.82. The van der Waals surface area contributed by atoms with E-state index in [0.717, 1.165) is 26.6 Å². The van der Waals surface area contributed by atoms with Crippen LogP contribution in [0.2, 0.25) is 0 Å². The summed E-state index contributed by atoms with van der Waals surface area (Å²) in [5.41, 5.74) is 6.30. The first kappa shape index (κ1) is 20.6. The Labute approximate surface area is 167 Å². The zero-order valence-corrected chi connectivity index (χ0v) is 17.3. The molecule has 0 radical (unpaired) electrons. The van der Waals surface area contributed by atoms with Crippen LogP contribution in [-0.4, -0.2) is 28.6 Å². The average Bonchev–Trinajstić information content (AvgIpc) is 3.07. The molecule has 0 aliphatic rings. The lowest BCUT2D eigenvalue weighted by Crippen LogP contribution is -2.26. The minimum atomic E-state index is -0.252. The Bertz CT molecular complexity index is 887. The molecule has 1 aromatic heterocycles. The number of carbonyl (C=O) groups excluding carboxylic acids is 1. The molecule has 0 fully saturated rings. The van der Waals surface area contributed by atoms with E-state index in [1.165, 1.54) is 6.42 Å². The highest BCUT2D eigenvalue weighted by Crippen LogP contribution is 2.16. The van der Waals surface area contributed by atoms with Gasteiger partial charge in [0.2, 0.25) is 5.95 Å². The van der Waals surface area contributed by atoms with E-state index in [1.807, 2.05) is 49.4 Å². The standard InChI is InChI=1S/C17H16BrN5O.C3H8/c1-11-6-7-12(8-13(11)18)9-20-23-16(24)10-19-17-21-14-4-2-3-5-15(14)22-17;1-3-2/h2-9H,10H2,1H3,(H,23,24)(H2,19,21,22);3H2,1-2H3/b20-9+;. The topological polar surface area (TPSA) is 82.2 Å². The van der Waals surface area contributed by atoms with Crippen molar-refractivity contribution >= 4 is 45.0 Å². The Morgan fingerprint density at radius 1 is 1.26 bits per heavy atom. The molecule has 0 atom stereocenters. The van der Waals surface area contributed by atoms with Crippen molar-refractivity contribution in [2.75, 3.05) is 11.9 Å². The van der Waals surface area contributed by atoms with Crippen LogP contribution in [-0.2, 0) is 4.79 Å². The molecule has 7 heteroatoms. The number of para-hydroxylation sites is 2.